The van der Waals surface area contributed by atoms with E-state index >= 15 is 0 Å². The maximum Gasteiger partial charge on any atom is 0.252 e. The normalized spacial score (nSPS) is 18.6. The van der Waals surface area contributed by atoms with Crippen molar-refractivity contribution in [1.29, 1.82) is 0 Å². The van der Waals surface area contributed by atoms with Crippen molar-refractivity contribution in [1.82, 2.24) is 0 Å². The Morgan fingerprint density at radius 1 is 0.390 bits per heavy atom. The Morgan fingerprint density at radius 3 is 1.38 bits per heavy atom. The number of rotatable bonds is 6. The Hall–Kier alpha value is -7.56. The second-order valence-electron chi connectivity index (χ2n) is 25.9. The van der Waals surface area contributed by atoms with Crippen molar-refractivity contribution < 1.29 is 0 Å². The van der Waals surface area contributed by atoms with Crippen molar-refractivity contribution in [3.8, 4) is 22.3 Å². The first kappa shape index (κ1) is 49.0. The van der Waals surface area contributed by atoms with E-state index in [0.717, 1.165) is 12.8 Å². The summed E-state index contributed by atoms with van der Waals surface area (Å²) in [5, 5.41) is 0. The highest BCUT2D eigenvalue weighted by atomic mass is 15.3. The van der Waals surface area contributed by atoms with Crippen molar-refractivity contribution in [2.75, 3.05) is 14.7 Å². The van der Waals surface area contributed by atoms with Crippen molar-refractivity contribution in [2.45, 2.75) is 122 Å². The summed E-state index contributed by atoms with van der Waals surface area (Å²) in [4.78, 5) is 8.16. The van der Waals surface area contributed by atoms with Crippen LogP contribution in [0.15, 0.2) is 206 Å². The monoisotopic (exact) mass is 1000 g/mol. The van der Waals surface area contributed by atoms with Crippen LogP contribution in [-0.2, 0) is 21.7 Å². The summed E-state index contributed by atoms with van der Waals surface area (Å²) < 4.78 is 0. The predicted molar refractivity (Wildman–Crippen MR) is 330 cm³/mol. The van der Waals surface area contributed by atoms with Crippen LogP contribution in [0.2, 0.25) is 0 Å². The van der Waals surface area contributed by atoms with Crippen molar-refractivity contribution in [3.63, 3.8) is 0 Å². The van der Waals surface area contributed by atoms with E-state index in [1.165, 1.54) is 125 Å². The molecule has 4 heteroatoms. The van der Waals surface area contributed by atoms with Crippen LogP contribution in [0.1, 0.15) is 123 Å². The first-order valence-electron chi connectivity index (χ1n) is 28.3. The van der Waals surface area contributed by atoms with Crippen LogP contribution < -0.4 is 31.1 Å². The third kappa shape index (κ3) is 7.60. The van der Waals surface area contributed by atoms with E-state index in [1.54, 1.807) is 0 Å². The maximum atomic E-state index is 2.82. The number of hydrogen-bond donors (Lipinski definition) is 0. The lowest BCUT2D eigenvalue weighted by atomic mass is 9.33. The fourth-order valence-corrected chi connectivity index (χ4v) is 14.3. The summed E-state index contributed by atoms with van der Waals surface area (Å²) >= 11 is 0. The van der Waals surface area contributed by atoms with E-state index < -0.39 is 0 Å². The number of hydrogen-bond acceptors (Lipinski definition) is 3. The topological polar surface area (TPSA) is 9.72 Å². The second kappa shape index (κ2) is 17.7. The Bertz CT molecular complexity index is 3730. The van der Waals surface area contributed by atoms with Crippen LogP contribution in [0.25, 0.3) is 22.3 Å². The van der Waals surface area contributed by atoms with Gasteiger partial charge in [0.15, 0.2) is 0 Å². The molecule has 0 saturated heterocycles. The van der Waals surface area contributed by atoms with E-state index in [-0.39, 0.29) is 33.9 Å². The SMILES string of the molecule is CC(C)(C)c1ccc2c(c1)B1c3ccccc3N(c3ccc(C(C)(C)C)cc3-c3ccccc3)c3cc(N4c5ccccc5C5(c6ccccc6)CCCCC45C)cc(c31)N2c1ccc(C(C)(C)C)cc1-c1ccccc1. The summed E-state index contributed by atoms with van der Waals surface area (Å²) in [6.07, 6.45) is 4.52. The van der Waals surface area contributed by atoms with Crippen molar-refractivity contribution in [2.24, 2.45) is 0 Å². The summed E-state index contributed by atoms with van der Waals surface area (Å²) in [6.45, 7) is 23.6. The summed E-state index contributed by atoms with van der Waals surface area (Å²) in [5.41, 5.74) is 24.8. The average molecular weight is 1000 g/mol. The smallest absolute Gasteiger partial charge is 0.252 e. The molecule has 13 rings (SSSR count). The van der Waals surface area contributed by atoms with Gasteiger partial charge < -0.3 is 14.7 Å². The quantitative estimate of drug-likeness (QED) is 0.154. The molecule has 0 N–H and O–H groups in total. The molecule has 9 aromatic carbocycles. The van der Waals surface area contributed by atoms with E-state index in [4.69, 9.17) is 0 Å². The molecule has 0 radical (unpaired) electrons. The molecule has 1 saturated carbocycles. The number of nitrogens with zero attached hydrogens (tertiary/aromatic N) is 3. The molecule has 0 bridgehead atoms. The van der Waals surface area contributed by atoms with Gasteiger partial charge in [0.1, 0.15) is 0 Å². The first-order chi connectivity index (χ1) is 37.0. The molecule has 77 heavy (non-hydrogen) atoms. The third-order valence-electron chi connectivity index (χ3n) is 18.2. The van der Waals surface area contributed by atoms with Gasteiger partial charge in [0.25, 0.3) is 6.71 Å². The van der Waals surface area contributed by atoms with Gasteiger partial charge in [-0.15, -0.1) is 0 Å². The van der Waals surface area contributed by atoms with Gasteiger partial charge in [-0.25, -0.2) is 0 Å². The zero-order valence-electron chi connectivity index (χ0n) is 46.9. The van der Waals surface area contributed by atoms with Gasteiger partial charge in [-0.05, 0) is 146 Å². The van der Waals surface area contributed by atoms with E-state index in [0.29, 0.717) is 0 Å². The molecular weight excluding hydrogens is 930 g/mol. The largest absolute Gasteiger partial charge is 0.334 e. The molecular formula is C73H72BN3. The van der Waals surface area contributed by atoms with Crippen molar-refractivity contribution in [3.05, 3.63) is 234 Å². The lowest BCUT2D eigenvalue weighted by molar-refractivity contribution is 0.215. The summed E-state index contributed by atoms with van der Waals surface area (Å²) in [5.74, 6) is 0. The molecule has 3 aliphatic heterocycles. The van der Waals surface area contributed by atoms with Gasteiger partial charge in [0.05, 0.1) is 16.9 Å². The zero-order chi connectivity index (χ0) is 53.2. The Balaban J connectivity index is 1.19. The fourth-order valence-electron chi connectivity index (χ4n) is 14.3. The highest BCUT2D eigenvalue weighted by Crippen LogP contribution is 2.64. The molecule has 0 amide bonds. The molecule has 2 atom stereocenters. The van der Waals surface area contributed by atoms with Gasteiger partial charge in [-0.2, -0.15) is 0 Å². The molecule has 4 aliphatic rings. The van der Waals surface area contributed by atoms with Gasteiger partial charge in [-0.3, -0.25) is 0 Å². The minimum Gasteiger partial charge on any atom is -0.334 e. The van der Waals surface area contributed by atoms with E-state index in [1.807, 2.05) is 0 Å². The maximum absolute atomic E-state index is 2.82. The lowest BCUT2D eigenvalue weighted by Gasteiger charge is -2.53. The Kier molecular flexibility index (Phi) is 11.3. The minimum absolute atomic E-state index is 0.0439. The Labute approximate surface area is 459 Å². The van der Waals surface area contributed by atoms with Crippen LogP contribution in [0.5, 0.6) is 0 Å². The lowest BCUT2D eigenvalue weighted by Crippen LogP contribution is -2.62. The minimum atomic E-state index is -0.278. The summed E-state index contributed by atoms with van der Waals surface area (Å²) in [6, 6.07) is 79.8. The molecule has 9 aromatic rings. The second-order valence-corrected chi connectivity index (χ2v) is 25.9. The molecule has 2 unspecified atom stereocenters. The number of para-hydroxylation sites is 2. The van der Waals surface area contributed by atoms with Crippen LogP contribution in [-0.4, -0.2) is 12.3 Å². The molecule has 0 aromatic heterocycles. The van der Waals surface area contributed by atoms with E-state index in [2.05, 4.69) is 290 Å². The molecule has 3 heterocycles. The fraction of sp³-hybridized carbons (Fsp3) is 0.260. The van der Waals surface area contributed by atoms with Gasteiger partial charge in [0.2, 0.25) is 0 Å². The highest BCUT2D eigenvalue weighted by Gasteiger charge is 2.61. The van der Waals surface area contributed by atoms with E-state index in [9.17, 15) is 0 Å². The molecule has 1 fully saturated rings. The van der Waals surface area contributed by atoms with Crippen LogP contribution >= 0.6 is 0 Å². The average Bonchev–Trinajstić information content (AvgIpc) is 3.76. The summed E-state index contributed by atoms with van der Waals surface area (Å²) in [7, 11) is 0. The van der Waals surface area contributed by atoms with Crippen molar-refractivity contribution >= 4 is 68.6 Å². The van der Waals surface area contributed by atoms with Crippen LogP contribution in [0, 0.1) is 0 Å². The standard InChI is InChI=1S/C73H72BN3/c1-69(2,3)52-36-39-61(56(44-52)49-26-14-11-15-27-49)75-64-35-23-21-33-59(64)74-60-46-54(71(7,8)9)38-41-65(60)76(62-40-37-53(70(4,5)6)45-57(62)50-28-16-12-17-29-50)67-48-55(47-66(75)68(67)74)77-63-34-22-20-32-58(63)73(51-30-18-13-19-31-51)43-25-24-42-72(73,77)10/h11-23,26-41,44-48H,24-25,42-43H2,1-10H3. The van der Waals surface area contributed by atoms with Crippen LogP contribution in [0.3, 0.4) is 0 Å². The number of benzene rings is 9. The highest BCUT2D eigenvalue weighted by molar-refractivity contribution is 7.00. The zero-order valence-corrected chi connectivity index (χ0v) is 46.9. The predicted octanol–water partition coefficient (Wildman–Crippen LogP) is 17.8. The van der Waals surface area contributed by atoms with Gasteiger partial charge >= 0.3 is 0 Å². The molecule has 1 aliphatic carbocycles. The van der Waals surface area contributed by atoms with Crippen LogP contribution in [0.4, 0.5) is 45.5 Å². The van der Waals surface area contributed by atoms with Gasteiger partial charge in [0, 0.05) is 50.7 Å². The Morgan fingerprint density at radius 2 is 0.831 bits per heavy atom. The first-order valence-corrected chi connectivity index (χ1v) is 28.3. The van der Waals surface area contributed by atoms with Gasteiger partial charge in [-0.1, -0.05) is 227 Å². The number of fused-ring (bicyclic) bond motifs is 7. The molecule has 3 nitrogen and oxygen atoms in total. The third-order valence-corrected chi connectivity index (χ3v) is 18.2. The molecule has 0 spiro atoms. The number of anilines is 8. The molecule has 382 valence electrons.